The minimum absolute atomic E-state index is 0. The van der Waals surface area contributed by atoms with Gasteiger partial charge in [0.25, 0.3) is 0 Å². The fraction of sp³-hybridized carbons (Fsp3) is 0.947. The van der Waals surface area contributed by atoms with Gasteiger partial charge in [0.05, 0.1) is 0 Å². The molecule has 2 heterocycles. The third-order valence-corrected chi connectivity index (χ3v) is 5.22. The number of aliphatic imine (C=N–C) groups is 1. The maximum atomic E-state index is 4.98. The van der Waals surface area contributed by atoms with Gasteiger partial charge in [-0.3, -0.25) is 4.99 Å². The van der Waals surface area contributed by atoms with Crippen LogP contribution in [-0.4, -0.2) is 86.6 Å². The molecule has 2 aliphatic heterocycles. The highest BCUT2D eigenvalue weighted by molar-refractivity contribution is 14.0. The number of piperidine rings is 1. The van der Waals surface area contributed by atoms with Gasteiger partial charge in [0.15, 0.2) is 5.96 Å². The highest BCUT2D eigenvalue weighted by Gasteiger charge is 2.24. The van der Waals surface area contributed by atoms with Crippen LogP contribution in [0.15, 0.2) is 4.99 Å². The van der Waals surface area contributed by atoms with Crippen LogP contribution in [0.2, 0.25) is 0 Å². The normalized spacial score (nSPS) is 27.7. The number of likely N-dealkylation sites (N-methyl/N-ethyl adjacent to an activating group) is 1. The molecule has 25 heavy (non-hydrogen) atoms. The summed E-state index contributed by atoms with van der Waals surface area (Å²) >= 11 is 0. The Morgan fingerprint density at radius 1 is 1.12 bits per heavy atom. The quantitative estimate of drug-likeness (QED) is 0.384. The largest absolute Gasteiger partial charge is 0.357 e. The van der Waals surface area contributed by atoms with E-state index in [1.54, 1.807) is 0 Å². The standard InChI is InChI=1S/C19H39N5.HI/c1-6-20-19(24-14-16(2)11-17(3)15-24)21-12-18(4)13-23-9-7-22(5)8-10-23;/h16-18H,6-15H2,1-5H3,(H,20,21);1H. The molecule has 0 saturated carbocycles. The first kappa shape index (κ1) is 23.0. The molecule has 3 atom stereocenters. The van der Waals surface area contributed by atoms with Crippen molar-refractivity contribution in [2.24, 2.45) is 22.7 Å². The summed E-state index contributed by atoms with van der Waals surface area (Å²) in [6.45, 7) is 19.4. The number of halogens is 1. The second-order valence-electron chi connectivity index (χ2n) is 8.25. The zero-order chi connectivity index (χ0) is 17.5. The molecule has 148 valence electrons. The number of hydrogen-bond donors (Lipinski definition) is 1. The van der Waals surface area contributed by atoms with Crippen LogP contribution in [0, 0.1) is 17.8 Å². The summed E-state index contributed by atoms with van der Waals surface area (Å²) < 4.78 is 0. The molecule has 6 heteroatoms. The maximum Gasteiger partial charge on any atom is 0.193 e. The predicted molar refractivity (Wildman–Crippen MR) is 119 cm³/mol. The number of piperazine rings is 1. The van der Waals surface area contributed by atoms with E-state index in [2.05, 4.69) is 54.8 Å². The SMILES string of the molecule is CCNC(=NCC(C)CN1CCN(C)CC1)N1CC(C)CC(C)C1.I. The molecule has 2 rings (SSSR count). The summed E-state index contributed by atoms with van der Waals surface area (Å²) in [6, 6.07) is 0. The van der Waals surface area contributed by atoms with Crippen LogP contribution in [0.1, 0.15) is 34.1 Å². The molecule has 2 aliphatic rings. The first-order chi connectivity index (χ1) is 11.5. The van der Waals surface area contributed by atoms with Crippen LogP contribution in [0.5, 0.6) is 0 Å². The molecule has 0 aromatic rings. The van der Waals surface area contributed by atoms with Crippen LogP contribution >= 0.6 is 24.0 Å². The molecule has 2 fully saturated rings. The highest BCUT2D eigenvalue weighted by atomic mass is 127. The topological polar surface area (TPSA) is 34.1 Å². The van der Waals surface area contributed by atoms with Gasteiger partial charge in [0.1, 0.15) is 0 Å². The first-order valence-corrected chi connectivity index (χ1v) is 9.92. The zero-order valence-electron chi connectivity index (χ0n) is 17.0. The van der Waals surface area contributed by atoms with E-state index in [-0.39, 0.29) is 24.0 Å². The lowest BCUT2D eigenvalue weighted by Crippen LogP contribution is -2.49. The minimum atomic E-state index is 0. The summed E-state index contributed by atoms with van der Waals surface area (Å²) in [4.78, 5) is 12.5. The Morgan fingerprint density at radius 2 is 1.72 bits per heavy atom. The summed E-state index contributed by atoms with van der Waals surface area (Å²) in [7, 11) is 2.22. The highest BCUT2D eigenvalue weighted by Crippen LogP contribution is 2.21. The van der Waals surface area contributed by atoms with Crippen LogP contribution < -0.4 is 5.32 Å². The molecule has 0 spiro atoms. The van der Waals surface area contributed by atoms with Crippen LogP contribution in [0.4, 0.5) is 0 Å². The average molecular weight is 465 g/mol. The lowest BCUT2D eigenvalue weighted by atomic mass is 9.92. The van der Waals surface area contributed by atoms with Crippen molar-refractivity contribution in [2.75, 3.05) is 66.0 Å². The van der Waals surface area contributed by atoms with Gasteiger partial charge >= 0.3 is 0 Å². The van der Waals surface area contributed by atoms with E-state index in [0.29, 0.717) is 5.92 Å². The third-order valence-electron chi connectivity index (χ3n) is 5.22. The number of rotatable bonds is 5. The van der Waals surface area contributed by atoms with E-state index in [0.717, 1.165) is 44.0 Å². The van der Waals surface area contributed by atoms with Crippen LogP contribution in [0.3, 0.4) is 0 Å². The third kappa shape index (κ3) is 7.99. The molecule has 5 nitrogen and oxygen atoms in total. The number of guanidine groups is 1. The van der Waals surface area contributed by atoms with Crippen molar-refractivity contribution in [1.29, 1.82) is 0 Å². The summed E-state index contributed by atoms with van der Waals surface area (Å²) in [5, 5.41) is 3.51. The minimum Gasteiger partial charge on any atom is -0.357 e. The average Bonchev–Trinajstić information content (AvgIpc) is 2.52. The van der Waals surface area contributed by atoms with E-state index in [1.165, 1.54) is 39.1 Å². The Kier molecular flexibility index (Phi) is 10.6. The number of likely N-dealkylation sites (tertiary alicyclic amines) is 1. The van der Waals surface area contributed by atoms with Gasteiger partial charge in [-0.25, -0.2) is 0 Å². The van der Waals surface area contributed by atoms with Gasteiger partial charge in [0, 0.05) is 58.9 Å². The second-order valence-corrected chi connectivity index (χ2v) is 8.25. The Balaban J connectivity index is 0.00000312. The second kappa shape index (κ2) is 11.6. The van der Waals surface area contributed by atoms with E-state index in [4.69, 9.17) is 4.99 Å². The molecule has 0 amide bonds. The molecule has 0 aromatic heterocycles. The van der Waals surface area contributed by atoms with E-state index in [1.807, 2.05) is 0 Å². The number of nitrogens with zero attached hydrogens (tertiary/aromatic N) is 4. The van der Waals surface area contributed by atoms with Gasteiger partial charge in [-0.2, -0.15) is 0 Å². The van der Waals surface area contributed by atoms with Crippen molar-refractivity contribution in [1.82, 2.24) is 20.0 Å². The molecule has 0 aliphatic carbocycles. The monoisotopic (exact) mass is 465 g/mol. The van der Waals surface area contributed by atoms with Gasteiger partial charge < -0.3 is 20.0 Å². The fourth-order valence-electron chi connectivity index (χ4n) is 4.03. The predicted octanol–water partition coefficient (Wildman–Crippen LogP) is 2.43. The number of hydrogen-bond acceptors (Lipinski definition) is 3. The van der Waals surface area contributed by atoms with Crippen molar-refractivity contribution in [3.8, 4) is 0 Å². The van der Waals surface area contributed by atoms with Gasteiger partial charge in [0.2, 0.25) is 0 Å². The lowest BCUT2D eigenvalue weighted by Gasteiger charge is -2.37. The smallest absolute Gasteiger partial charge is 0.193 e. The van der Waals surface area contributed by atoms with Crippen LogP contribution in [0.25, 0.3) is 0 Å². The summed E-state index contributed by atoms with van der Waals surface area (Å²) in [5.41, 5.74) is 0. The summed E-state index contributed by atoms with van der Waals surface area (Å²) in [5.74, 6) is 3.27. The van der Waals surface area contributed by atoms with Crippen LogP contribution in [-0.2, 0) is 0 Å². The molecule has 0 bridgehead atoms. The maximum absolute atomic E-state index is 4.98. The lowest BCUT2D eigenvalue weighted by molar-refractivity contribution is 0.140. The summed E-state index contributed by atoms with van der Waals surface area (Å²) in [6.07, 6.45) is 1.34. The van der Waals surface area contributed by atoms with Crippen molar-refractivity contribution in [3.63, 3.8) is 0 Å². The van der Waals surface area contributed by atoms with E-state index in [9.17, 15) is 0 Å². The van der Waals surface area contributed by atoms with E-state index < -0.39 is 0 Å². The van der Waals surface area contributed by atoms with Crippen molar-refractivity contribution < 1.29 is 0 Å². The molecule has 1 N–H and O–H groups in total. The van der Waals surface area contributed by atoms with Gasteiger partial charge in [-0.15, -0.1) is 24.0 Å². The molecule has 0 aromatic carbocycles. The molecular weight excluding hydrogens is 425 g/mol. The van der Waals surface area contributed by atoms with Gasteiger partial charge in [-0.1, -0.05) is 20.8 Å². The molecule has 0 radical (unpaired) electrons. The Bertz CT molecular complexity index is 385. The van der Waals surface area contributed by atoms with Crippen molar-refractivity contribution >= 4 is 29.9 Å². The number of nitrogens with one attached hydrogen (secondary N) is 1. The Labute approximate surface area is 172 Å². The zero-order valence-corrected chi connectivity index (χ0v) is 19.3. The van der Waals surface area contributed by atoms with E-state index >= 15 is 0 Å². The molecular formula is C19H40IN5. The van der Waals surface area contributed by atoms with Gasteiger partial charge in [-0.05, 0) is 38.1 Å². The fourth-order valence-corrected chi connectivity index (χ4v) is 4.03. The Hall–Kier alpha value is -0.0800. The Morgan fingerprint density at radius 3 is 2.28 bits per heavy atom. The van der Waals surface area contributed by atoms with Crippen molar-refractivity contribution in [3.05, 3.63) is 0 Å². The first-order valence-electron chi connectivity index (χ1n) is 9.92. The van der Waals surface area contributed by atoms with Crippen molar-refractivity contribution in [2.45, 2.75) is 34.1 Å². The molecule has 2 saturated heterocycles. The molecule has 3 unspecified atom stereocenters.